The van der Waals surface area contributed by atoms with E-state index in [1.807, 2.05) is 12.1 Å². The summed E-state index contributed by atoms with van der Waals surface area (Å²) < 4.78 is 20.6. The van der Waals surface area contributed by atoms with Gasteiger partial charge in [-0.05, 0) is 67.8 Å². The van der Waals surface area contributed by atoms with Crippen molar-refractivity contribution in [3.63, 3.8) is 0 Å². The number of alkyl halides is 1. The van der Waals surface area contributed by atoms with E-state index in [4.69, 9.17) is 16.3 Å². The molecule has 0 fully saturated rings. The zero-order valence-electron chi connectivity index (χ0n) is 10.1. The zero-order chi connectivity index (χ0) is 14.7. The smallest absolute Gasteiger partial charge is 0.148 e. The van der Waals surface area contributed by atoms with Crippen molar-refractivity contribution in [2.24, 2.45) is 0 Å². The highest BCUT2D eigenvalue weighted by Crippen LogP contribution is 2.36. The molecule has 0 aliphatic rings. The summed E-state index contributed by atoms with van der Waals surface area (Å²) in [6.07, 6.45) is 0. The molecule has 0 amide bonds. The first-order valence-electron chi connectivity index (χ1n) is 5.62. The maximum atomic E-state index is 13.2. The van der Waals surface area contributed by atoms with Crippen molar-refractivity contribution in [2.75, 3.05) is 0 Å². The van der Waals surface area contributed by atoms with Gasteiger partial charge in [0.25, 0.3) is 0 Å². The first-order valence-corrected chi connectivity index (χ1v) is 8.70. The molecule has 0 N–H and O–H groups in total. The lowest BCUT2D eigenvalue weighted by Crippen LogP contribution is -1.99. The Labute approximate surface area is 146 Å². The summed E-state index contributed by atoms with van der Waals surface area (Å²) in [5.74, 6) is 0.329. The molecule has 0 bridgehead atoms. The Bertz CT molecular complexity index is 611. The predicted octanol–water partition coefficient (Wildman–Crippen LogP) is 6.48. The van der Waals surface area contributed by atoms with Gasteiger partial charge in [0.1, 0.15) is 18.2 Å². The minimum Gasteiger partial charge on any atom is -0.486 e. The molecule has 0 heterocycles. The number of benzene rings is 2. The van der Waals surface area contributed by atoms with Crippen LogP contribution in [0.1, 0.15) is 11.1 Å². The number of hydrogen-bond donors (Lipinski definition) is 0. The Kier molecular flexibility index (Phi) is 5.90. The first-order chi connectivity index (χ1) is 9.51. The fraction of sp³-hybridized carbons (Fsp3) is 0.143. The lowest BCUT2D eigenvalue weighted by atomic mass is 10.2. The third kappa shape index (κ3) is 3.97. The van der Waals surface area contributed by atoms with Crippen LogP contribution >= 0.6 is 59.4 Å². The van der Waals surface area contributed by atoms with Gasteiger partial charge in [0.15, 0.2) is 0 Å². The highest BCUT2D eigenvalue weighted by Gasteiger charge is 2.10. The predicted molar refractivity (Wildman–Crippen MR) is 90.2 cm³/mol. The minimum atomic E-state index is -0.333. The van der Waals surface area contributed by atoms with Gasteiger partial charge in [0.05, 0.1) is 8.95 Å². The third-order valence-electron chi connectivity index (χ3n) is 2.59. The van der Waals surface area contributed by atoms with Crippen LogP contribution in [0.3, 0.4) is 0 Å². The summed E-state index contributed by atoms with van der Waals surface area (Å²) in [6, 6.07) is 8.14. The summed E-state index contributed by atoms with van der Waals surface area (Å²) in [5, 5.41) is 1.23. The molecule has 2 aromatic rings. The van der Waals surface area contributed by atoms with E-state index in [2.05, 4.69) is 47.8 Å². The van der Waals surface area contributed by atoms with E-state index in [9.17, 15) is 4.39 Å². The average Bonchev–Trinajstić information content (AvgIpc) is 2.41. The van der Waals surface area contributed by atoms with Gasteiger partial charge in [-0.25, -0.2) is 4.39 Å². The van der Waals surface area contributed by atoms with Gasteiger partial charge in [-0.3, -0.25) is 0 Å². The summed E-state index contributed by atoms with van der Waals surface area (Å²) in [5.41, 5.74) is 1.72. The molecule has 0 aromatic heterocycles. The van der Waals surface area contributed by atoms with Gasteiger partial charge in [0, 0.05) is 15.9 Å². The molecular weight excluding hydrogens is 478 g/mol. The van der Waals surface area contributed by atoms with Gasteiger partial charge in [-0.1, -0.05) is 27.5 Å². The molecule has 0 radical (unpaired) electrons. The van der Waals surface area contributed by atoms with Crippen LogP contribution in [0.4, 0.5) is 4.39 Å². The molecular formula is C14H9Br3ClFO. The topological polar surface area (TPSA) is 9.23 Å². The van der Waals surface area contributed by atoms with Crippen LogP contribution in [-0.4, -0.2) is 0 Å². The minimum absolute atomic E-state index is 0.196. The van der Waals surface area contributed by atoms with E-state index in [1.54, 1.807) is 0 Å². The number of ether oxygens (including phenoxy) is 1. The van der Waals surface area contributed by atoms with Crippen molar-refractivity contribution < 1.29 is 9.13 Å². The lowest BCUT2D eigenvalue weighted by Gasteiger charge is -2.12. The normalized spacial score (nSPS) is 10.7. The van der Waals surface area contributed by atoms with Crippen LogP contribution in [0.2, 0.25) is 5.02 Å². The second kappa shape index (κ2) is 7.25. The molecule has 6 heteroatoms. The Balaban J connectivity index is 2.21. The molecule has 20 heavy (non-hydrogen) atoms. The molecule has 2 aromatic carbocycles. The summed E-state index contributed by atoms with van der Waals surface area (Å²) >= 11 is 16.3. The summed E-state index contributed by atoms with van der Waals surface area (Å²) in [6.45, 7) is 0.196. The number of hydrogen-bond acceptors (Lipinski definition) is 1. The Hall–Kier alpha value is -0.100. The van der Waals surface area contributed by atoms with E-state index >= 15 is 0 Å². The van der Waals surface area contributed by atoms with Crippen molar-refractivity contribution in [1.29, 1.82) is 0 Å². The second-order valence-electron chi connectivity index (χ2n) is 4.05. The van der Waals surface area contributed by atoms with Crippen LogP contribution < -0.4 is 4.74 Å². The Morgan fingerprint density at radius 1 is 1.10 bits per heavy atom. The van der Waals surface area contributed by atoms with Crippen molar-refractivity contribution in [3.8, 4) is 5.75 Å². The van der Waals surface area contributed by atoms with Crippen molar-refractivity contribution >= 4 is 59.4 Å². The van der Waals surface area contributed by atoms with E-state index in [0.29, 0.717) is 16.3 Å². The van der Waals surface area contributed by atoms with Gasteiger partial charge < -0.3 is 4.74 Å². The fourth-order valence-electron chi connectivity index (χ4n) is 1.63. The van der Waals surface area contributed by atoms with Crippen LogP contribution in [-0.2, 0) is 11.9 Å². The Morgan fingerprint density at radius 2 is 1.75 bits per heavy atom. The quantitative estimate of drug-likeness (QED) is 0.449. The molecule has 0 atom stereocenters. The fourth-order valence-corrected chi connectivity index (χ4v) is 3.64. The summed E-state index contributed by atoms with van der Waals surface area (Å²) in [4.78, 5) is 0. The molecule has 0 saturated heterocycles. The van der Waals surface area contributed by atoms with Gasteiger partial charge in [-0.15, -0.1) is 0 Å². The third-order valence-corrected chi connectivity index (χ3v) is 4.79. The average molecular weight is 487 g/mol. The van der Waals surface area contributed by atoms with Crippen LogP contribution in [0.5, 0.6) is 5.75 Å². The highest BCUT2D eigenvalue weighted by atomic mass is 79.9. The first kappa shape index (κ1) is 16.3. The molecule has 0 aliphatic heterocycles. The van der Waals surface area contributed by atoms with Gasteiger partial charge in [0.2, 0.25) is 0 Å². The van der Waals surface area contributed by atoms with Crippen molar-refractivity contribution in [3.05, 3.63) is 61.2 Å². The van der Waals surface area contributed by atoms with Crippen LogP contribution in [0.25, 0.3) is 0 Å². The maximum Gasteiger partial charge on any atom is 0.148 e. The molecule has 0 saturated carbocycles. The summed E-state index contributed by atoms with van der Waals surface area (Å²) in [7, 11) is 0. The van der Waals surface area contributed by atoms with E-state index in [1.165, 1.54) is 18.2 Å². The monoisotopic (exact) mass is 484 g/mol. The molecule has 0 unspecified atom stereocenters. The zero-order valence-corrected chi connectivity index (χ0v) is 15.6. The SMILES string of the molecule is Fc1ccc(Cl)c(COc2c(Br)cc(CBr)cc2Br)c1. The number of halogens is 5. The van der Waals surface area contributed by atoms with Crippen molar-refractivity contribution in [2.45, 2.75) is 11.9 Å². The standard InChI is InChI=1S/C14H9Br3ClFO/c15-6-8-3-11(16)14(12(17)4-8)20-7-9-5-10(19)1-2-13(9)18/h1-5H,6-7H2. The largest absolute Gasteiger partial charge is 0.486 e. The lowest BCUT2D eigenvalue weighted by molar-refractivity contribution is 0.301. The van der Waals surface area contributed by atoms with E-state index in [0.717, 1.165) is 19.8 Å². The van der Waals surface area contributed by atoms with E-state index in [-0.39, 0.29) is 12.4 Å². The van der Waals surface area contributed by atoms with E-state index < -0.39 is 0 Å². The molecule has 1 nitrogen and oxygen atoms in total. The molecule has 0 spiro atoms. The Morgan fingerprint density at radius 3 is 2.35 bits per heavy atom. The van der Waals surface area contributed by atoms with Gasteiger partial charge >= 0.3 is 0 Å². The highest BCUT2D eigenvalue weighted by molar-refractivity contribution is 9.11. The second-order valence-corrected chi connectivity index (χ2v) is 6.72. The number of rotatable bonds is 4. The maximum absolute atomic E-state index is 13.2. The van der Waals surface area contributed by atoms with Crippen LogP contribution in [0, 0.1) is 5.82 Å². The molecule has 2 rings (SSSR count). The van der Waals surface area contributed by atoms with Crippen LogP contribution in [0.15, 0.2) is 39.3 Å². The van der Waals surface area contributed by atoms with Crippen molar-refractivity contribution in [1.82, 2.24) is 0 Å². The molecule has 106 valence electrons. The van der Waals surface area contributed by atoms with Gasteiger partial charge in [-0.2, -0.15) is 0 Å². The molecule has 0 aliphatic carbocycles.